The molecule has 0 bridgehead atoms. The quantitative estimate of drug-likeness (QED) is 0.250. The number of pyridine rings is 3. The highest BCUT2D eigenvalue weighted by atomic mass is 15.1. The molecule has 0 unspecified atom stereocenters. The van der Waals surface area contributed by atoms with Crippen LogP contribution >= 0.6 is 0 Å². The second-order valence-electron chi connectivity index (χ2n) is 8.65. The summed E-state index contributed by atoms with van der Waals surface area (Å²) < 4.78 is 0. The van der Waals surface area contributed by atoms with E-state index < -0.39 is 0 Å². The lowest BCUT2D eigenvalue weighted by Crippen LogP contribution is -1.98. The van der Waals surface area contributed by atoms with Gasteiger partial charge in [0.15, 0.2) is 5.82 Å². The number of fused-ring (bicyclic) bond motifs is 2. The largest absolute Gasteiger partial charge is 0.358 e. The zero-order valence-corrected chi connectivity index (χ0v) is 19.8. The van der Waals surface area contributed by atoms with Crippen molar-refractivity contribution in [1.29, 1.82) is 0 Å². The molecule has 0 aliphatic heterocycles. The van der Waals surface area contributed by atoms with E-state index in [0.29, 0.717) is 5.82 Å². The summed E-state index contributed by atoms with van der Waals surface area (Å²) in [5, 5.41) is 11.9. The molecule has 36 heavy (non-hydrogen) atoms. The molecule has 3 N–H and O–H groups in total. The van der Waals surface area contributed by atoms with Gasteiger partial charge in [-0.1, -0.05) is 32.1 Å². The van der Waals surface area contributed by atoms with Crippen molar-refractivity contribution < 1.29 is 0 Å². The Morgan fingerprint density at radius 1 is 0.972 bits per heavy atom. The van der Waals surface area contributed by atoms with Crippen molar-refractivity contribution in [2.45, 2.75) is 19.8 Å². The van der Waals surface area contributed by atoms with E-state index in [-0.39, 0.29) is 0 Å². The smallest absolute Gasteiger partial charge is 0.159 e. The van der Waals surface area contributed by atoms with Crippen molar-refractivity contribution in [3.63, 3.8) is 0 Å². The molecule has 8 heteroatoms. The molecule has 5 heterocycles. The predicted octanol–water partition coefficient (Wildman–Crippen LogP) is 6.35. The van der Waals surface area contributed by atoms with Gasteiger partial charge in [-0.05, 0) is 42.3 Å². The van der Waals surface area contributed by atoms with Crippen molar-refractivity contribution in [3.8, 4) is 33.9 Å². The summed E-state index contributed by atoms with van der Waals surface area (Å²) in [6, 6.07) is 14.1. The topological polar surface area (TPSA) is 108 Å². The molecular formula is C28H24N8. The predicted molar refractivity (Wildman–Crippen MR) is 143 cm³/mol. The van der Waals surface area contributed by atoms with Crippen LogP contribution in [0, 0.1) is 0 Å². The summed E-state index contributed by atoms with van der Waals surface area (Å²) in [7, 11) is 0. The standard InChI is InChI=1S/C28H24N8/c1-3-5-17(2)32-20-12-19(14-30-15-20)24-13-22-25(16-31-24)35-36-27(22)28-33-23-7-4-6-21(26(23)34-28)18-8-10-29-11-9-18/h4,6-16,32H,2-3,5H2,1H3,(H,33,34)(H,35,36). The first-order chi connectivity index (χ1) is 17.7. The van der Waals surface area contributed by atoms with Crippen LogP contribution in [0.5, 0.6) is 0 Å². The molecule has 176 valence electrons. The Morgan fingerprint density at radius 2 is 1.86 bits per heavy atom. The molecule has 0 aliphatic carbocycles. The SMILES string of the molecule is C=C(CCC)Nc1cncc(-c2cc3c(-c4nc5c(-c6ccncc6)cccc5[nH]4)n[nH]c3cn2)c1. The number of hydrogen-bond acceptors (Lipinski definition) is 6. The number of benzene rings is 1. The Kier molecular flexibility index (Phi) is 5.46. The van der Waals surface area contributed by atoms with Gasteiger partial charge in [0.1, 0.15) is 5.69 Å². The van der Waals surface area contributed by atoms with E-state index in [4.69, 9.17) is 4.98 Å². The van der Waals surface area contributed by atoms with Crippen LogP contribution in [0.15, 0.2) is 85.7 Å². The number of aromatic amines is 2. The average Bonchev–Trinajstić information content (AvgIpc) is 3.53. The van der Waals surface area contributed by atoms with Crippen LogP contribution in [0.2, 0.25) is 0 Å². The van der Waals surface area contributed by atoms with E-state index in [1.165, 1.54) is 0 Å². The van der Waals surface area contributed by atoms with Gasteiger partial charge in [-0.15, -0.1) is 0 Å². The Hall–Kier alpha value is -4.85. The number of H-pyrrole nitrogens is 2. The van der Waals surface area contributed by atoms with E-state index in [9.17, 15) is 0 Å². The maximum Gasteiger partial charge on any atom is 0.159 e. The summed E-state index contributed by atoms with van der Waals surface area (Å²) in [6.45, 7) is 6.21. The van der Waals surface area contributed by atoms with E-state index >= 15 is 0 Å². The van der Waals surface area contributed by atoms with Gasteiger partial charge in [0.2, 0.25) is 0 Å². The van der Waals surface area contributed by atoms with Crippen molar-refractivity contribution in [2.75, 3.05) is 5.32 Å². The van der Waals surface area contributed by atoms with Gasteiger partial charge >= 0.3 is 0 Å². The molecule has 6 rings (SSSR count). The van der Waals surface area contributed by atoms with Crippen LogP contribution in [0.3, 0.4) is 0 Å². The van der Waals surface area contributed by atoms with E-state index in [0.717, 1.165) is 74.2 Å². The highest BCUT2D eigenvalue weighted by molar-refractivity contribution is 5.97. The zero-order chi connectivity index (χ0) is 24.5. The number of anilines is 1. The maximum absolute atomic E-state index is 4.94. The fraction of sp³-hybridized carbons (Fsp3) is 0.107. The maximum atomic E-state index is 4.94. The fourth-order valence-corrected chi connectivity index (χ4v) is 4.38. The Bertz CT molecular complexity index is 1700. The molecule has 8 nitrogen and oxygen atoms in total. The van der Waals surface area contributed by atoms with Gasteiger partial charge in [-0.25, -0.2) is 4.98 Å². The molecule has 0 spiro atoms. The summed E-state index contributed by atoms with van der Waals surface area (Å²) in [5.41, 5.74) is 9.08. The third-order valence-electron chi connectivity index (χ3n) is 6.08. The Balaban J connectivity index is 1.40. The summed E-state index contributed by atoms with van der Waals surface area (Å²) >= 11 is 0. The number of nitrogens with zero attached hydrogens (tertiary/aromatic N) is 5. The molecule has 0 saturated heterocycles. The van der Waals surface area contributed by atoms with E-state index in [1.54, 1.807) is 24.8 Å². The average molecular weight is 473 g/mol. The third-order valence-corrected chi connectivity index (χ3v) is 6.08. The summed E-state index contributed by atoms with van der Waals surface area (Å²) in [6.07, 6.45) is 10.9. The number of rotatable bonds is 7. The first-order valence-electron chi connectivity index (χ1n) is 11.8. The monoisotopic (exact) mass is 472 g/mol. The second-order valence-corrected chi connectivity index (χ2v) is 8.65. The molecule has 0 radical (unpaired) electrons. The third kappa shape index (κ3) is 3.98. The first kappa shape index (κ1) is 21.7. The van der Waals surface area contributed by atoms with Crippen molar-refractivity contribution in [3.05, 3.63) is 85.7 Å². The lowest BCUT2D eigenvalue weighted by molar-refractivity contribution is 0.913. The van der Waals surface area contributed by atoms with Gasteiger partial charge < -0.3 is 10.3 Å². The first-order valence-corrected chi connectivity index (χ1v) is 11.8. The number of allylic oxidation sites excluding steroid dienone is 1. The van der Waals surface area contributed by atoms with Gasteiger partial charge in [0, 0.05) is 40.8 Å². The normalized spacial score (nSPS) is 11.2. The Morgan fingerprint density at radius 3 is 2.72 bits per heavy atom. The highest BCUT2D eigenvalue weighted by Gasteiger charge is 2.16. The number of imidazole rings is 1. The van der Waals surface area contributed by atoms with Gasteiger partial charge in [-0.2, -0.15) is 5.10 Å². The molecule has 1 aromatic carbocycles. The molecule has 0 aliphatic rings. The van der Waals surface area contributed by atoms with Crippen LogP contribution in [-0.2, 0) is 0 Å². The van der Waals surface area contributed by atoms with Crippen LogP contribution in [0.25, 0.3) is 55.8 Å². The van der Waals surface area contributed by atoms with Crippen LogP contribution in [0.4, 0.5) is 5.69 Å². The minimum Gasteiger partial charge on any atom is -0.358 e. The van der Waals surface area contributed by atoms with Gasteiger partial charge in [0.25, 0.3) is 0 Å². The van der Waals surface area contributed by atoms with Crippen LogP contribution < -0.4 is 5.32 Å². The molecule has 5 aromatic heterocycles. The molecule has 0 saturated carbocycles. The van der Waals surface area contributed by atoms with Crippen LogP contribution in [0.1, 0.15) is 19.8 Å². The number of para-hydroxylation sites is 1. The molecule has 0 fully saturated rings. The lowest BCUT2D eigenvalue weighted by Gasteiger charge is -2.09. The van der Waals surface area contributed by atoms with Crippen LogP contribution in [-0.4, -0.2) is 35.1 Å². The van der Waals surface area contributed by atoms with E-state index in [2.05, 4.69) is 55.0 Å². The van der Waals surface area contributed by atoms with Crippen molar-refractivity contribution in [2.24, 2.45) is 0 Å². The van der Waals surface area contributed by atoms with Gasteiger partial charge in [-0.3, -0.25) is 20.1 Å². The van der Waals surface area contributed by atoms with Crippen molar-refractivity contribution in [1.82, 2.24) is 35.1 Å². The zero-order valence-electron chi connectivity index (χ0n) is 19.8. The number of aromatic nitrogens is 7. The fourth-order valence-electron chi connectivity index (χ4n) is 4.38. The molecular weight excluding hydrogens is 448 g/mol. The minimum absolute atomic E-state index is 0.694. The molecule has 6 aromatic rings. The highest BCUT2D eigenvalue weighted by Crippen LogP contribution is 2.32. The summed E-state index contributed by atoms with van der Waals surface area (Å²) in [4.78, 5) is 21.5. The minimum atomic E-state index is 0.694. The lowest BCUT2D eigenvalue weighted by atomic mass is 10.1. The van der Waals surface area contributed by atoms with E-state index in [1.807, 2.05) is 42.6 Å². The number of nitrogens with one attached hydrogen (secondary N) is 3. The Labute approximate surface area is 207 Å². The molecule has 0 amide bonds. The molecule has 0 atom stereocenters. The number of hydrogen-bond donors (Lipinski definition) is 3. The second kappa shape index (κ2) is 9.07. The van der Waals surface area contributed by atoms with Crippen molar-refractivity contribution >= 4 is 27.6 Å². The summed E-state index contributed by atoms with van der Waals surface area (Å²) in [5.74, 6) is 0.694. The van der Waals surface area contributed by atoms with Gasteiger partial charge in [0.05, 0.1) is 40.3 Å².